The molecule has 4 nitrogen and oxygen atoms in total. The van der Waals surface area contributed by atoms with E-state index in [4.69, 9.17) is 4.74 Å². The first-order valence-corrected chi connectivity index (χ1v) is 11.0. The van der Waals surface area contributed by atoms with E-state index < -0.39 is 0 Å². The molecule has 0 spiro atoms. The number of hydrogen-bond acceptors (Lipinski definition) is 5. The number of carbonyl (C=O) groups excluding carboxylic acids is 1. The van der Waals surface area contributed by atoms with Gasteiger partial charge in [0.1, 0.15) is 17.0 Å². The standard InChI is InChI=1S/C24H19NO3S2/c1-25-23(15-19(26)21-12-7-13-29-21)30-22(24(25)27)14-18-10-5-6-11-20(18)28-16-17-8-3-2-4-9-17/h2-15H,16H2,1H3/b22-14+,23-15-. The number of Topliss-reactive ketones (excluding diaryl/α,β-unsaturated/α-hetero) is 1. The van der Waals surface area contributed by atoms with Crippen molar-refractivity contribution in [2.75, 3.05) is 0 Å². The minimum absolute atomic E-state index is 0.0972. The van der Waals surface area contributed by atoms with E-state index in [-0.39, 0.29) is 11.3 Å². The smallest absolute Gasteiger partial charge is 0.268 e. The molecule has 6 heteroatoms. The number of benzene rings is 2. The van der Waals surface area contributed by atoms with Crippen LogP contribution in [0, 0.1) is 0 Å². The van der Waals surface area contributed by atoms with E-state index in [2.05, 4.69) is 0 Å². The number of carbonyl (C=O) groups is 1. The second-order valence-corrected chi connectivity index (χ2v) is 8.62. The van der Waals surface area contributed by atoms with Gasteiger partial charge in [0.05, 0.1) is 9.41 Å². The quantitative estimate of drug-likeness (QED) is 0.437. The van der Waals surface area contributed by atoms with E-state index in [0.29, 0.717) is 26.4 Å². The summed E-state index contributed by atoms with van der Waals surface area (Å²) in [4.78, 5) is 25.8. The van der Waals surface area contributed by atoms with E-state index in [1.807, 2.05) is 72.1 Å². The average molecular weight is 434 g/mol. The fourth-order valence-electron chi connectivity index (χ4n) is 2.92. The number of ether oxygens (including phenoxy) is 1. The van der Waals surface area contributed by atoms with Crippen LogP contribution in [-0.2, 0) is 13.7 Å². The number of thiazole rings is 1. The highest BCUT2D eigenvalue weighted by Crippen LogP contribution is 2.20. The van der Waals surface area contributed by atoms with Crippen LogP contribution in [-0.4, -0.2) is 10.4 Å². The van der Waals surface area contributed by atoms with Gasteiger partial charge in [0.25, 0.3) is 5.56 Å². The summed E-state index contributed by atoms with van der Waals surface area (Å²) < 4.78 is 8.67. The Balaban J connectivity index is 1.67. The number of para-hydroxylation sites is 1. The highest BCUT2D eigenvalue weighted by Gasteiger charge is 2.07. The van der Waals surface area contributed by atoms with Crippen LogP contribution in [0.15, 0.2) is 76.9 Å². The Kier molecular flexibility index (Phi) is 6.07. The van der Waals surface area contributed by atoms with Gasteiger partial charge in [-0.1, -0.05) is 54.6 Å². The van der Waals surface area contributed by atoms with Crippen LogP contribution in [0.3, 0.4) is 0 Å². The van der Waals surface area contributed by atoms with E-state index in [0.717, 1.165) is 11.1 Å². The van der Waals surface area contributed by atoms with Crippen LogP contribution >= 0.6 is 22.7 Å². The van der Waals surface area contributed by atoms with Gasteiger partial charge in [-0.25, -0.2) is 0 Å². The summed E-state index contributed by atoms with van der Waals surface area (Å²) in [5.74, 6) is 0.608. The second-order valence-electron chi connectivity index (χ2n) is 6.61. The fourth-order valence-corrected chi connectivity index (χ4v) is 4.57. The normalized spacial score (nSPS) is 12.3. The molecule has 0 saturated heterocycles. The van der Waals surface area contributed by atoms with E-state index >= 15 is 0 Å². The average Bonchev–Trinajstić information content (AvgIpc) is 3.40. The molecule has 0 N–H and O–H groups in total. The highest BCUT2D eigenvalue weighted by molar-refractivity contribution is 7.12. The maximum absolute atomic E-state index is 12.7. The molecule has 0 radical (unpaired) electrons. The summed E-state index contributed by atoms with van der Waals surface area (Å²) in [5.41, 5.74) is 1.76. The van der Waals surface area contributed by atoms with Crippen LogP contribution in [0.2, 0.25) is 0 Å². The molecule has 0 fully saturated rings. The van der Waals surface area contributed by atoms with Gasteiger partial charge in [-0.2, -0.15) is 0 Å². The number of ketones is 1. The summed E-state index contributed by atoms with van der Waals surface area (Å²) in [6, 6.07) is 21.2. The maximum atomic E-state index is 12.7. The Morgan fingerprint density at radius 2 is 1.80 bits per heavy atom. The third kappa shape index (κ3) is 4.50. The third-order valence-electron chi connectivity index (χ3n) is 4.52. The number of thiophene rings is 1. The molecule has 0 unspecified atom stereocenters. The molecule has 30 heavy (non-hydrogen) atoms. The number of hydrogen-bond donors (Lipinski definition) is 0. The lowest BCUT2D eigenvalue weighted by Gasteiger charge is -2.08. The Morgan fingerprint density at radius 1 is 1.03 bits per heavy atom. The first kappa shape index (κ1) is 20.1. The minimum Gasteiger partial charge on any atom is -0.488 e. The lowest BCUT2D eigenvalue weighted by Crippen LogP contribution is -2.29. The van der Waals surface area contributed by atoms with Gasteiger partial charge in [0.15, 0.2) is 5.78 Å². The van der Waals surface area contributed by atoms with Crippen molar-refractivity contribution in [2.24, 2.45) is 7.05 Å². The van der Waals surface area contributed by atoms with Crippen molar-refractivity contribution < 1.29 is 9.53 Å². The van der Waals surface area contributed by atoms with Gasteiger partial charge in [0.2, 0.25) is 0 Å². The van der Waals surface area contributed by atoms with Gasteiger partial charge in [0, 0.05) is 18.7 Å². The lowest BCUT2D eigenvalue weighted by atomic mass is 10.2. The van der Waals surface area contributed by atoms with Crippen molar-refractivity contribution in [1.82, 2.24) is 4.57 Å². The SMILES string of the molecule is Cn1c(=O)/c(=C\c2ccccc2OCc2ccccc2)s/c1=C\C(=O)c1cccs1. The summed E-state index contributed by atoms with van der Waals surface area (Å²) >= 11 is 2.68. The number of nitrogens with zero attached hydrogens (tertiary/aromatic N) is 1. The number of rotatable bonds is 6. The van der Waals surface area contributed by atoms with Gasteiger partial charge < -0.3 is 9.30 Å². The van der Waals surface area contributed by atoms with Crippen molar-refractivity contribution >= 4 is 40.6 Å². The molecule has 4 aromatic rings. The van der Waals surface area contributed by atoms with E-state index in [1.165, 1.54) is 33.3 Å². The summed E-state index contributed by atoms with van der Waals surface area (Å²) in [5, 5.41) is 1.86. The van der Waals surface area contributed by atoms with Crippen molar-refractivity contribution in [2.45, 2.75) is 6.61 Å². The van der Waals surface area contributed by atoms with Gasteiger partial charge >= 0.3 is 0 Å². The molecule has 2 heterocycles. The van der Waals surface area contributed by atoms with Gasteiger partial charge in [-0.05, 0) is 29.2 Å². The van der Waals surface area contributed by atoms with Crippen LogP contribution < -0.4 is 19.5 Å². The second kappa shape index (κ2) is 9.07. The van der Waals surface area contributed by atoms with Crippen LogP contribution in [0.5, 0.6) is 5.75 Å². The Morgan fingerprint density at radius 3 is 2.57 bits per heavy atom. The maximum Gasteiger partial charge on any atom is 0.268 e. The molecule has 0 amide bonds. The molecule has 2 aromatic carbocycles. The van der Waals surface area contributed by atoms with Gasteiger partial charge in [-0.3, -0.25) is 9.59 Å². The highest BCUT2D eigenvalue weighted by atomic mass is 32.1. The molecular weight excluding hydrogens is 414 g/mol. The topological polar surface area (TPSA) is 48.3 Å². The lowest BCUT2D eigenvalue weighted by molar-refractivity contribution is 0.106. The van der Waals surface area contributed by atoms with Crippen molar-refractivity contribution in [1.29, 1.82) is 0 Å². The Bertz CT molecular complexity index is 1330. The monoisotopic (exact) mass is 433 g/mol. The first-order valence-electron chi connectivity index (χ1n) is 9.35. The largest absolute Gasteiger partial charge is 0.488 e. The summed E-state index contributed by atoms with van der Waals surface area (Å²) in [7, 11) is 1.68. The molecule has 0 bridgehead atoms. The predicted octanol–water partition coefficient (Wildman–Crippen LogP) is 3.58. The molecule has 0 aliphatic heterocycles. The molecule has 0 atom stereocenters. The molecular formula is C24H19NO3S2. The minimum atomic E-state index is -0.136. The predicted molar refractivity (Wildman–Crippen MR) is 123 cm³/mol. The Labute approximate surface area is 181 Å². The zero-order valence-electron chi connectivity index (χ0n) is 16.3. The zero-order chi connectivity index (χ0) is 20.9. The zero-order valence-corrected chi connectivity index (χ0v) is 17.9. The van der Waals surface area contributed by atoms with Crippen LogP contribution in [0.4, 0.5) is 0 Å². The third-order valence-corrected chi connectivity index (χ3v) is 6.52. The fraction of sp³-hybridized carbons (Fsp3) is 0.0833. The molecule has 0 aliphatic carbocycles. The van der Waals surface area contributed by atoms with Crippen LogP contribution in [0.25, 0.3) is 12.2 Å². The van der Waals surface area contributed by atoms with Crippen molar-refractivity contribution in [3.63, 3.8) is 0 Å². The van der Waals surface area contributed by atoms with Crippen molar-refractivity contribution in [3.8, 4) is 5.75 Å². The van der Waals surface area contributed by atoms with Crippen LogP contribution in [0.1, 0.15) is 20.8 Å². The van der Waals surface area contributed by atoms with Crippen molar-refractivity contribution in [3.05, 3.63) is 108 Å². The van der Waals surface area contributed by atoms with Gasteiger partial charge in [-0.15, -0.1) is 22.7 Å². The molecule has 150 valence electrons. The summed E-state index contributed by atoms with van der Waals surface area (Å²) in [6.45, 7) is 0.447. The molecule has 0 aliphatic rings. The molecule has 0 saturated carbocycles. The molecule has 4 rings (SSSR count). The van der Waals surface area contributed by atoms with E-state index in [9.17, 15) is 9.59 Å². The first-order chi connectivity index (χ1) is 14.6. The summed E-state index contributed by atoms with van der Waals surface area (Å²) in [6.07, 6.45) is 3.34. The molecule has 2 aromatic heterocycles. The number of aromatic nitrogens is 1. The van der Waals surface area contributed by atoms with E-state index in [1.54, 1.807) is 13.1 Å². The Hall–Kier alpha value is -3.22.